The molecule has 26 heavy (non-hydrogen) atoms. The van der Waals surface area contributed by atoms with Crippen molar-refractivity contribution >= 4 is 22.0 Å². The van der Waals surface area contributed by atoms with Crippen molar-refractivity contribution in [2.45, 2.75) is 44.2 Å². The van der Waals surface area contributed by atoms with Crippen molar-refractivity contribution in [1.82, 2.24) is 14.9 Å². The van der Waals surface area contributed by atoms with E-state index in [0.717, 1.165) is 29.3 Å². The summed E-state index contributed by atoms with van der Waals surface area (Å²) in [5.74, 6) is 0.0697. The molecule has 1 aromatic carbocycles. The van der Waals surface area contributed by atoms with Crippen LogP contribution in [0.15, 0.2) is 41.0 Å². The molecule has 7 heteroatoms. The molecule has 1 aliphatic rings. The van der Waals surface area contributed by atoms with Crippen molar-refractivity contribution in [2.24, 2.45) is 0 Å². The highest BCUT2D eigenvalue weighted by Crippen LogP contribution is 2.42. The van der Waals surface area contributed by atoms with Gasteiger partial charge in [0, 0.05) is 17.2 Å². The van der Waals surface area contributed by atoms with Gasteiger partial charge in [-0.1, -0.05) is 47.3 Å². The minimum absolute atomic E-state index is 0.0697. The molecular formula is C19H19BrN4O2. The number of halogens is 1. The Balaban J connectivity index is 2.05. The number of nitriles is 1. The van der Waals surface area contributed by atoms with Gasteiger partial charge in [-0.15, -0.1) is 0 Å². The van der Waals surface area contributed by atoms with E-state index in [2.05, 4.69) is 25.9 Å². The Morgan fingerprint density at radius 3 is 2.73 bits per heavy atom. The van der Waals surface area contributed by atoms with Gasteiger partial charge >= 0.3 is 6.09 Å². The Morgan fingerprint density at radius 2 is 2.08 bits per heavy atom. The van der Waals surface area contributed by atoms with E-state index in [1.54, 1.807) is 6.07 Å². The fraction of sp³-hybridized carbons (Fsp3) is 0.368. The maximum Gasteiger partial charge on any atom is 0.408 e. The zero-order chi connectivity index (χ0) is 18.6. The van der Waals surface area contributed by atoms with Gasteiger partial charge < -0.3 is 5.11 Å². The summed E-state index contributed by atoms with van der Waals surface area (Å²) in [6, 6.07) is 11.3. The molecule has 1 N–H and O–H groups in total. The first-order chi connectivity index (χ1) is 12.5. The molecular weight excluding hydrogens is 396 g/mol. The maximum atomic E-state index is 12.2. The third-order valence-corrected chi connectivity index (χ3v) is 5.38. The summed E-state index contributed by atoms with van der Waals surface area (Å²) in [7, 11) is 0. The molecule has 6 nitrogen and oxygen atoms in total. The van der Waals surface area contributed by atoms with Crippen molar-refractivity contribution in [3.05, 3.63) is 58.1 Å². The van der Waals surface area contributed by atoms with Gasteiger partial charge in [-0.05, 0) is 36.6 Å². The van der Waals surface area contributed by atoms with Crippen molar-refractivity contribution in [2.75, 3.05) is 0 Å². The lowest BCUT2D eigenvalue weighted by Gasteiger charge is -2.44. The summed E-state index contributed by atoms with van der Waals surface area (Å²) in [5.41, 5.74) is 0.781. The summed E-state index contributed by atoms with van der Waals surface area (Å²) in [6.45, 7) is 0.265. The molecule has 1 aliphatic carbocycles. The molecule has 0 bridgehead atoms. The Morgan fingerprint density at radius 1 is 1.31 bits per heavy atom. The number of amides is 1. The zero-order valence-electron chi connectivity index (χ0n) is 14.2. The molecule has 0 radical (unpaired) electrons. The summed E-state index contributed by atoms with van der Waals surface area (Å²) in [4.78, 5) is 22.0. The maximum absolute atomic E-state index is 12.2. The number of hydrogen-bond acceptors (Lipinski definition) is 4. The van der Waals surface area contributed by atoms with Crippen LogP contribution >= 0.6 is 15.9 Å². The third kappa shape index (κ3) is 3.70. The molecule has 0 saturated heterocycles. The molecule has 1 aromatic heterocycles. The molecule has 1 amide bonds. The van der Waals surface area contributed by atoms with E-state index in [9.17, 15) is 9.90 Å². The normalized spacial score (nSPS) is 15.8. The van der Waals surface area contributed by atoms with Crippen LogP contribution in [0.1, 0.15) is 49.2 Å². The van der Waals surface area contributed by atoms with Crippen molar-refractivity contribution in [3.63, 3.8) is 0 Å². The number of benzene rings is 1. The fourth-order valence-electron chi connectivity index (χ4n) is 3.69. The van der Waals surface area contributed by atoms with E-state index in [1.807, 2.05) is 30.3 Å². The van der Waals surface area contributed by atoms with Crippen LogP contribution in [0.25, 0.3) is 0 Å². The van der Waals surface area contributed by atoms with Crippen LogP contribution in [0, 0.1) is 11.3 Å². The van der Waals surface area contributed by atoms with Gasteiger partial charge in [-0.25, -0.2) is 14.8 Å². The zero-order valence-corrected chi connectivity index (χ0v) is 15.8. The van der Waals surface area contributed by atoms with Crippen LogP contribution < -0.4 is 0 Å². The quantitative estimate of drug-likeness (QED) is 0.797. The van der Waals surface area contributed by atoms with Gasteiger partial charge in [-0.3, -0.25) is 4.90 Å². The SMILES string of the molecule is N#Cc1nccc(C2(N(Cc3cccc(Br)c3)C(=O)O)CCCCC2)n1. The van der Waals surface area contributed by atoms with Crippen LogP contribution in [-0.4, -0.2) is 26.1 Å². The largest absolute Gasteiger partial charge is 0.465 e. The number of carbonyl (C=O) groups is 1. The summed E-state index contributed by atoms with van der Waals surface area (Å²) < 4.78 is 0.909. The Kier molecular flexibility index (Phi) is 5.52. The molecule has 3 rings (SSSR count). The lowest BCUT2D eigenvalue weighted by Crippen LogP contribution is -2.50. The average Bonchev–Trinajstić information content (AvgIpc) is 2.66. The number of carboxylic acid groups (broad SMARTS) is 1. The van der Waals surface area contributed by atoms with Gasteiger partial charge in [0.25, 0.3) is 0 Å². The second kappa shape index (κ2) is 7.83. The molecule has 1 heterocycles. The second-order valence-corrected chi connectivity index (χ2v) is 7.38. The van der Waals surface area contributed by atoms with Crippen LogP contribution in [0.2, 0.25) is 0 Å². The number of aromatic nitrogens is 2. The van der Waals surface area contributed by atoms with Crippen LogP contribution in [0.5, 0.6) is 0 Å². The predicted molar refractivity (Wildman–Crippen MR) is 99.2 cm³/mol. The van der Waals surface area contributed by atoms with E-state index >= 15 is 0 Å². The van der Waals surface area contributed by atoms with E-state index in [4.69, 9.17) is 5.26 Å². The lowest BCUT2D eigenvalue weighted by atomic mass is 9.77. The molecule has 134 valence electrons. The lowest BCUT2D eigenvalue weighted by molar-refractivity contribution is 0.0384. The van der Waals surface area contributed by atoms with Crippen LogP contribution in [-0.2, 0) is 12.1 Å². The van der Waals surface area contributed by atoms with E-state index < -0.39 is 11.6 Å². The number of rotatable bonds is 4. The summed E-state index contributed by atoms with van der Waals surface area (Å²) in [5, 5.41) is 19.2. The number of nitrogens with zero attached hydrogens (tertiary/aromatic N) is 4. The van der Waals surface area contributed by atoms with Crippen molar-refractivity contribution < 1.29 is 9.90 Å². The highest BCUT2D eigenvalue weighted by Gasteiger charge is 2.43. The first-order valence-electron chi connectivity index (χ1n) is 8.54. The van der Waals surface area contributed by atoms with Gasteiger partial charge in [0.1, 0.15) is 6.07 Å². The minimum Gasteiger partial charge on any atom is -0.465 e. The van der Waals surface area contributed by atoms with Gasteiger partial charge in [0.05, 0.1) is 11.2 Å². The van der Waals surface area contributed by atoms with E-state index in [0.29, 0.717) is 18.5 Å². The Hall–Kier alpha value is -2.46. The average molecular weight is 415 g/mol. The molecule has 1 saturated carbocycles. The highest BCUT2D eigenvalue weighted by atomic mass is 79.9. The smallest absolute Gasteiger partial charge is 0.408 e. The summed E-state index contributed by atoms with van der Waals surface area (Å²) in [6.07, 6.45) is 4.86. The first-order valence-corrected chi connectivity index (χ1v) is 9.33. The predicted octanol–water partition coefficient (Wildman–Crippen LogP) is 4.45. The van der Waals surface area contributed by atoms with E-state index in [1.165, 1.54) is 11.1 Å². The van der Waals surface area contributed by atoms with Crippen LogP contribution in [0.3, 0.4) is 0 Å². The summed E-state index contributed by atoms with van der Waals surface area (Å²) >= 11 is 3.44. The minimum atomic E-state index is -0.982. The Bertz CT molecular complexity index is 843. The third-order valence-electron chi connectivity index (χ3n) is 4.89. The van der Waals surface area contributed by atoms with Crippen LogP contribution in [0.4, 0.5) is 4.79 Å². The Labute approximate surface area is 160 Å². The first kappa shape index (κ1) is 18.3. The van der Waals surface area contributed by atoms with Crippen molar-refractivity contribution in [1.29, 1.82) is 5.26 Å². The van der Waals surface area contributed by atoms with Gasteiger partial charge in [-0.2, -0.15) is 5.26 Å². The molecule has 1 fully saturated rings. The van der Waals surface area contributed by atoms with Gasteiger partial charge in [0.15, 0.2) is 0 Å². The molecule has 0 atom stereocenters. The van der Waals surface area contributed by atoms with Crippen molar-refractivity contribution in [3.8, 4) is 6.07 Å². The van der Waals surface area contributed by atoms with Gasteiger partial charge in [0.2, 0.25) is 5.82 Å². The molecule has 0 aliphatic heterocycles. The standard InChI is InChI=1S/C19H19BrN4O2/c20-15-6-4-5-14(11-15)13-24(18(25)26)19(8-2-1-3-9-19)16-7-10-22-17(12-21)23-16/h4-7,10-11H,1-3,8-9,13H2,(H,25,26). The number of hydrogen-bond donors (Lipinski definition) is 1. The molecule has 0 unspecified atom stereocenters. The fourth-order valence-corrected chi connectivity index (χ4v) is 4.14. The topological polar surface area (TPSA) is 90.1 Å². The van der Waals surface area contributed by atoms with E-state index in [-0.39, 0.29) is 12.4 Å². The highest BCUT2D eigenvalue weighted by molar-refractivity contribution is 9.10. The second-order valence-electron chi connectivity index (χ2n) is 6.47. The molecule has 2 aromatic rings. The monoisotopic (exact) mass is 414 g/mol. The molecule has 0 spiro atoms.